The van der Waals surface area contributed by atoms with Gasteiger partial charge in [0, 0.05) is 43.7 Å². The van der Waals surface area contributed by atoms with E-state index in [1.165, 1.54) is 19.3 Å². The van der Waals surface area contributed by atoms with Crippen molar-refractivity contribution in [1.82, 2.24) is 21.3 Å². The van der Waals surface area contributed by atoms with E-state index in [0.717, 1.165) is 64.5 Å². The van der Waals surface area contributed by atoms with Gasteiger partial charge in [-0.2, -0.15) is 5.26 Å². The van der Waals surface area contributed by atoms with Crippen LogP contribution in [0.5, 0.6) is 0 Å². The fourth-order valence-electron chi connectivity index (χ4n) is 7.69. The average molecular weight is 594 g/mol. The zero-order valence-corrected chi connectivity index (χ0v) is 26.5. The maximum atomic E-state index is 13.1. The molecule has 2 aliphatic heterocycles. The van der Waals surface area contributed by atoms with Crippen LogP contribution in [-0.4, -0.2) is 80.0 Å². The monoisotopic (exact) mass is 593 g/mol. The third kappa shape index (κ3) is 9.52. The second kappa shape index (κ2) is 16.8. The van der Waals surface area contributed by atoms with Crippen molar-refractivity contribution in [1.29, 1.82) is 5.26 Å². The summed E-state index contributed by atoms with van der Waals surface area (Å²) in [6, 6.07) is 3.59. The SMILES string of the molecule is CCCCC(C)CC(=O)NC1CC2C(CC1OCC)NCC(C#N)C2NC1CCC(OCC2CCCCN2)C(Cl)C1. The number of ether oxygens (including phenoxy) is 2. The molecule has 0 radical (unpaired) electrons. The van der Waals surface area contributed by atoms with Crippen LogP contribution in [0.4, 0.5) is 0 Å². The van der Waals surface area contributed by atoms with Gasteiger partial charge in [-0.25, -0.2) is 0 Å². The lowest BCUT2D eigenvalue weighted by Gasteiger charge is -2.50. The number of nitrogens with one attached hydrogen (secondary N) is 4. The van der Waals surface area contributed by atoms with Crippen LogP contribution < -0.4 is 21.3 Å². The molecule has 4 rings (SSSR count). The normalized spacial score (nSPS) is 38.4. The van der Waals surface area contributed by atoms with Gasteiger partial charge in [-0.1, -0.05) is 39.5 Å². The molecule has 41 heavy (non-hydrogen) atoms. The van der Waals surface area contributed by atoms with Crippen molar-refractivity contribution in [3.8, 4) is 6.07 Å². The molecule has 2 aliphatic carbocycles. The van der Waals surface area contributed by atoms with Crippen molar-refractivity contribution < 1.29 is 14.3 Å². The minimum atomic E-state index is -0.120. The number of carbonyl (C=O) groups is 1. The van der Waals surface area contributed by atoms with E-state index in [-0.39, 0.29) is 59.5 Å². The van der Waals surface area contributed by atoms with Crippen molar-refractivity contribution in [2.75, 3.05) is 26.3 Å². The number of halogens is 1. The van der Waals surface area contributed by atoms with Crippen molar-refractivity contribution >= 4 is 17.5 Å². The molecule has 0 aromatic carbocycles. The first kappa shape index (κ1) is 33.0. The molecular formula is C32H56ClN5O3. The molecular weight excluding hydrogens is 538 g/mol. The summed E-state index contributed by atoms with van der Waals surface area (Å²) in [5.41, 5.74) is 0. The lowest BCUT2D eigenvalue weighted by molar-refractivity contribution is -0.125. The Hall–Kier alpha value is -0.950. The molecule has 234 valence electrons. The van der Waals surface area contributed by atoms with E-state index in [1.54, 1.807) is 0 Å². The third-order valence-electron chi connectivity index (χ3n) is 10.0. The average Bonchev–Trinajstić information content (AvgIpc) is 2.97. The molecule has 9 heteroatoms. The standard InChI is InChI=1S/C32H56ClN5O3/c1-4-6-9-21(3)14-31(39)38-28-16-25-27(17-30(28)40-5-2)36-19-22(18-34)32(25)37-23-11-12-29(26(33)15-23)41-20-24-10-7-8-13-35-24/h21-30,32,35-37H,4-17,19-20H2,1-3H3,(H,38,39). The number of nitriles is 1. The zero-order chi connectivity index (χ0) is 29.2. The van der Waals surface area contributed by atoms with E-state index < -0.39 is 0 Å². The molecule has 2 saturated carbocycles. The van der Waals surface area contributed by atoms with E-state index >= 15 is 0 Å². The smallest absolute Gasteiger partial charge is 0.220 e. The molecule has 4 fully saturated rings. The topological polar surface area (TPSA) is 107 Å². The molecule has 11 atom stereocenters. The third-order valence-corrected chi connectivity index (χ3v) is 10.5. The molecule has 0 aromatic heterocycles. The Morgan fingerprint density at radius 1 is 1.10 bits per heavy atom. The van der Waals surface area contributed by atoms with Crippen molar-refractivity contribution in [2.45, 2.75) is 146 Å². The van der Waals surface area contributed by atoms with Gasteiger partial charge in [-0.05, 0) is 70.3 Å². The fraction of sp³-hybridized carbons (Fsp3) is 0.938. The number of alkyl halides is 1. The summed E-state index contributed by atoms with van der Waals surface area (Å²) < 4.78 is 12.5. The number of rotatable bonds is 13. The Morgan fingerprint density at radius 2 is 1.95 bits per heavy atom. The summed E-state index contributed by atoms with van der Waals surface area (Å²) in [7, 11) is 0. The Morgan fingerprint density at radius 3 is 2.66 bits per heavy atom. The minimum Gasteiger partial charge on any atom is -0.376 e. The van der Waals surface area contributed by atoms with E-state index in [2.05, 4.69) is 41.2 Å². The maximum absolute atomic E-state index is 13.1. The van der Waals surface area contributed by atoms with Gasteiger partial charge in [0.15, 0.2) is 0 Å². The van der Waals surface area contributed by atoms with Crippen molar-refractivity contribution in [3.63, 3.8) is 0 Å². The predicted octanol–water partition coefficient (Wildman–Crippen LogP) is 4.26. The lowest BCUT2D eigenvalue weighted by Crippen LogP contribution is -2.66. The summed E-state index contributed by atoms with van der Waals surface area (Å²) in [6.07, 6.45) is 12.2. The Balaban J connectivity index is 1.35. The van der Waals surface area contributed by atoms with Gasteiger partial charge in [-0.3, -0.25) is 4.79 Å². The summed E-state index contributed by atoms with van der Waals surface area (Å²) in [4.78, 5) is 13.1. The van der Waals surface area contributed by atoms with E-state index in [4.69, 9.17) is 21.1 Å². The molecule has 0 spiro atoms. The van der Waals surface area contributed by atoms with Crippen LogP contribution in [0.25, 0.3) is 0 Å². The van der Waals surface area contributed by atoms with E-state index in [1.807, 2.05) is 6.92 Å². The Labute approximate surface area is 253 Å². The molecule has 2 saturated heterocycles. The largest absolute Gasteiger partial charge is 0.376 e. The highest BCUT2D eigenvalue weighted by molar-refractivity contribution is 6.21. The van der Waals surface area contributed by atoms with Crippen LogP contribution >= 0.6 is 11.6 Å². The Bertz CT molecular complexity index is 837. The van der Waals surface area contributed by atoms with Crippen LogP contribution in [-0.2, 0) is 14.3 Å². The van der Waals surface area contributed by atoms with Crippen LogP contribution in [0, 0.1) is 29.1 Å². The number of fused-ring (bicyclic) bond motifs is 1. The van der Waals surface area contributed by atoms with Gasteiger partial charge in [0.2, 0.25) is 5.91 Å². The van der Waals surface area contributed by atoms with Crippen LogP contribution in [0.15, 0.2) is 0 Å². The van der Waals surface area contributed by atoms with Gasteiger partial charge < -0.3 is 30.7 Å². The number of unbranched alkanes of at least 4 members (excludes halogenated alkanes) is 1. The second-order valence-electron chi connectivity index (χ2n) is 13.2. The number of nitrogens with zero attached hydrogens (tertiary/aromatic N) is 1. The van der Waals surface area contributed by atoms with E-state index in [0.29, 0.717) is 31.5 Å². The van der Waals surface area contributed by atoms with Gasteiger partial charge in [0.25, 0.3) is 0 Å². The molecule has 0 aromatic rings. The quantitative estimate of drug-likeness (QED) is 0.236. The number of hydrogen-bond donors (Lipinski definition) is 4. The number of piperidine rings is 2. The highest BCUT2D eigenvalue weighted by Gasteiger charge is 2.47. The van der Waals surface area contributed by atoms with Crippen molar-refractivity contribution in [3.05, 3.63) is 0 Å². The highest BCUT2D eigenvalue weighted by atomic mass is 35.5. The van der Waals surface area contributed by atoms with Crippen LogP contribution in [0.3, 0.4) is 0 Å². The zero-order valence-electron chi connectivity index (χ0n) is 25.7. The highest BCUT2D eigenvalue weighted by Crippen LogP contribution is 2.37. The van der Waals surface area contributed by atoms with E-state index in [9.17, 15) is 10.1 Å². The fourth-order valence-corrected chi connectivity index (χ4v) is 8.11. The first-order chi connectivity index (χ1) is 19.9. The summed E-state index contributed by atoms with van der Waals surface area (Å²) in [5, 5.41) is 24.6. The lowest BCUT2D eigenvalue weighted by atomic mass is 9.69. The molecule has 4 aliphatic rings. The first-order valence-corrected chi connectivity index (χ1v) is 17.1. The number of hydrogen-bond acceptors (Lipinski definition) is 7. The maximum Gasteiger partial charge on any atom is 0.220 e. The summed E-state index contributed by atoms with van der Waals surface area (Å²) >= 11 is 6.90. The van der Waals surface area contributed by atoms with Crippen molar-refractivity contribution in [2.24, 2.45) is 17.8 Å². The van der Waals surface area contributed by atoms with Gasteiger partial charge in [-0.15, -0.1) is 11.6 Å². The first-order valence-electron chi connectivity index (χ1n) is 16.7. The summed E-state index contributed by atoms with van der Waals surface area (Å²) in [5.74, 6) is 0.629. The molecule has 11 unspecified atom stereocenters. The summed E-state index contributed by atoms with van der Waals surface area (Å²) in [6.45, 7) is 9.52. The number of carbonyl (C=O) groups excluding carboxylic acids is 1. The number of amides is 1. The molecule has 0 bridgehead atoms. The molecule has 1 amide bonds. The van der Waals surface area contributed by atoms with Crippen LogP contribution in [0.1, 0.15) is 97.8 Å². The molecule has 4 N–H and O–H groups in total. The van der Waals surface area contributed by atoms with Gasteiger partial charge in [0.1, 0.15) is 0 Å². The van der Waals surface area contributed by atoms with Gasteiger partial charge in [0.05, 0.1) is 42.2 Å². The minimum absolute atomic E-state index is 0.0126. The predicted molar refractivity (Wildman–Crippen MR) is 164 cm³/mol. The molecule has 2 heterocycles. The molecule has 8 nitrogen and oxygen atoms in total. The van der Waals surface area contributed by atoms with Gasteiger partial charge >= 0.3 is 0 Å². The second-order valence-corrected chi connectivity index (χ2v) is 13.8. The Kier molecular flexibility index (Phi) is 13.5. The van der Waals surface area contributed by atoms with Crippen LogP contribution in [0.2, 0.25) is 0 Å².